The molecule has 0 amide bonds. The predicted octanol–water partition coefficient (Wildman–Crippen LogP) is 4.28. The molecule has 0 aliphatic carbocycles. The first-order valence-corrected chi connectivity index (χ1v) is 9.79. The van der Waals surface area contributed by atoms with E-state index in [0.717, 1.165) is 39.1 Å². The maximum absolute atomic E-state index is 9.94. The summed E-state index contributed by atoms with van der Waals surface area (Å²) in [7, 11) is 2.17. The number of thiophene rings is 1. The zero-order valence-corrected chi connectivity index (χ0v) is 15.5. The summed E-state index contributed by atoms with van der Waals surface area (Å²) in [4.78, 5) is 2.36. The van der Waals surface area contributed by atoms with Crippen LogP contribution in [0.1, 0.15) is 18.4 Å². The number of ether oxygens (including phenoxy) is 1. The van der Waals surface area contributed by atoms with Crippen molar-refractivity contribution in [3.8, 4) is 0 Å². The minimum Gasteiger partial charge on any atom is -0.396 e. The quantitative estimate of drug-likeness (QED) is 0.742. The van der Waals surface area contributed by atoms with E-state index in [1.165, 1.54) is 25.7 Å². The van der Waals surface area contributed by atoms with E-state index < -0.39 is 0 Å². The van der Waals surface area contributed by atoms with Crippen molar-refractivity contribution in [3.05, 3.63) is 48.0 Å². The van der Waals surface area contributed by atoms with Crippen LogP contribution in [0.3, 0.4) is 0 Å². The van der Waals surface area contributed by atoms with Gasteiger partial charge in [-0.3, -0.25) is 0 Å². The molecule has 4 heteroatoms. The van der Waals surface area contributed by atoms with Crippen LogP contribution < -0.4 is 0 Å². The van der Waals surface area contributed by atoms with E-state index in [9.17, 15) is 5.11 Å². The van der Waals surface area contributed by atoms with Gasteiger partial charge in [0.15, 0.2) is 0 Å². The van der Waals surface area contributed by atoms with Crippen LogP contribution in [0, 0.1) is 5.41 Å². The van der Waals surface area contributed by atoms with Crippen LogP contribution in [0.25, 0.3) is 20.2 Å². The zero-order chi connectivity index (χ0) is 17.3. The lowest BCUT2D eigenvalue weighted by molar-refractivity contribution is -0.0317. The van der Waals surface area contributed by atoms with Gasteiger partial charge in [0.1, 0.15) is 0 Å². The largest absolute Gasteiger partial charge is 0.396 e. The van der Waals surface area contributed by atoms with E-state index in [1.54, 1.807) is 0 Å². The molecule has 2 aromatic carbocycles. The van der Waals surface area contributed by atoms with Crippen molar-refractivity contribution in [2.45, 2.75) is 19.4 Å². The van der Waals surface area contributed by atoms with Gasteiger partial charge in [-0.15, -0.1) is 11.3 Å². The molecule has 0 unspecified atom stereocenters. The first-order valence-electron chi connectivity index (χ1n) is 8.97. The lowest BCUT2D eigenvalue weighted by Gasteiger charge is -2.38. The van der Waals surface area contributed by atoms with Gasteiger partial charge >= 0.3 is 0 Å². The highest BCUT2D eigenvalue weighted by molar-refractivity contribution is 7.26. The monoisotopic (exact) mass is 355 g/mol. The second kappa shape index (κ2) is 7.04. The molecule has 0 bridgehead atoms. The van der Waals surface area contributed by atoms with Crippen LogP contribution in [0.5, 0.6) is 0 Å². The standard InChI is InChI=1S/C21H25NO2S/c1-22(14-21(15-23)9-11-24-12-10-21)13-16-5-4-7-18-17-6-2-3-8-19(17)25-20(16)18/h2-8,23H,9-15H2,1H3. The highest BCUT2D eigenvalue weighted by atomic mass is 32.1. The molecule has 1 aliphatic rings. The molecule has 25 heavy (non-hydrogen) atoms. The molecule has 1 N–H and O–H groups in total. The van der Waals surface area contributed by atoms with E-state index in [2.05, 4.69) is 54.4 Å². The maximum Gasteiger partial charge on any atom is 0.0501 e. The number of rotatable bonds is 5. The number of fused-ring (bicyclic) bond motifs is 3. The van der Waals surface area contributed by atoms with E-state index in [1.807, 2.05) is 11.3 Å². The summed E-state index contributed by atoms with van der Waals surface area (Å²) in [6, 6.07) is 15.3. The van der Waals surface area contributed by atoms with Crippen LogP contribution in [0.4, 0.5) is 0 Å². The maximum atomic E-state index is 9.94. The third-order valence-corrected chi connectivity index (χ3v) is 6.68. The van der Waals surface area contributed by atoms with Gasteiger partial charge in [-0.25, -0.2) is 0 Å². The van der Waals surface area contributed by atoms with Crippen LogP contribution in [0.2, 0.25) is 0 Å². The summed E-state index contributed by atoms with van der Waals surface area (Å²) in [5.41, 5.74) is 1.36. The normalized spacial score (nSPS) is 17.6. The zero-order valence-electron chi connectivity index (χ0n) is 14.7. The second-order valence-corrected chi connectivity index (χ2v) is 8.39. The Morgan fingerprint density at radius 3 is 2.64 bits per heavy atom. The molecule has 0 saturated carbocycles. The molecule has 0 atom stereocenters. The molecule has 3 nitrogen and oxygen atoms in total. The van der Waals surface area contributed by atoms with Gasteiger partial charge in [0.25, 0.3) is 0 Å². The Kier molecular flexibility index (Phi) is 4.78. The number of aliphatic hydroxyl groups is 1. The Bertz CT molecular complexity index is 867. The predicted molar refractivity (Wildman–Crippen MR) is 105 cm³/mol. The summed E-state index contributed by atoms with van der Waals surface area (Å²) < 4.78 is 8.23. The van der Waals surface area contributed by atoms with Crippen LogP contribution in [0.15, 0.2) is 42.5 Å². The molecule has 0 spiro atoms. The highest BCUT2D eigenvalue weighted by Crippen LogP contribution is 2.37. The van der Waals surface area contributed by atoms with Gasteiger partial charge in [-0.05, 0) is 31.5 Å². The lowest BCUT2D eigenvalue weighted by Crippen LogP contribution is -2.42. The van der Waals surface area contributed by atoms with Gasteiger partial charge in [0.2, 0.25) is 0 Å². The molecule has 3 aromatic rings. The van der Waals surface area contributed by atoms with Crippen molar-refractivity contribution >= 4 is 31.5 Å². The fraction of sp³-hybridized carbons (Fsp3) is 0.429. The van der Waals surface area contributed by atoms with Crippen LogP contribution in [-0.2, 0) is 11.3 Å². The average molecular weight is 356 g/mol. The Morgan fingerprint density at radius 1 is 1.08 bits per heavy atom. The molecular formula is C21H25NO2S. The molecule has 1 aliphatic heterocycles. The summed E-state index contributed by atoms with van der Waals surface area (Å²) in [5, 5.41) is 12.6. The summed E-state index contributed by atoms with van der Waals surface area (Å²) in [6.45, 7) is 3.59. The smallest absolute Gasteiger partial charge is 0.0501 e. The fourth-order valence-electron chi connectivity index (χ4n) is 4.02. The summed E-state index contributed by atoms with van der Waals surface area (Å²) >= 11 is 1.89. The number of aliphatic hydroxyl groups excluding tert-OH is 1. The molecule has 0 radical (unpaired) electrons. The fourth-order valence-corrected chi connectivity index (χ4v) is 5.23. The van der Waals surface area contributed by atoms with Crippen molar-refractivity contribution in [1.29, 1.82) is 0 Å². The van der Waals surface area contributed by atoms with Crippen LogP contribution >= 0.6 is 11.3 Å². The lowest BCUT2D eigenvalue weighted by atomic mass is 9.80. The van der Waals surface area contributed by atoms with Crippen LogP contribution in [-0.4, -0.2) is 43.4 Å². The number of hydrogen-bond donors (Lipinski definition) is 1. The molecular weight excluding hydrogens is 330 g/mol. The summed E-state index contributed by atoms with van der Waals surface area (Å²) in [6.07, 6.45) is 1.89. The van der Waals surface area contributed by atoms with E-state index in [-0.39, 0.29) is 12.0 Å². The molecule has 1 aromatic heterocycles. The topological polar surface area (TPSA) is 32.7 Å². The Hall–Kier alpha value is -1.46. The third kappa shape index (κ3) is 3.32. The van der Waals surface area contributed by atoms with Gasteiger partial charge in [0, 0.05) is 51.9 Å². The van der Waals surface area contributed by atoms with Gasteiger partial charge in [0.05, 0.1) is 6.61 Å². The number of benzene rings is 2. The van der Waals surface area contributed by atoms with E-state index in [4.69, 9.17) is 4.74 Å². The van der Waals surface area contributed by atoms with Crippen molar-refractivity contribution in [3.63, 3.8) is 0 Å². The molecule has 2 heterocycles. The average Bonchev–Trinajstić information content (AvgIpc) is 3.02. The number of hydrogen-bond acceptors (Lipinski definition) is 4. The minimum atomic E-state index is -0.0128. The molecule has 1 saturated heterocycles. The Labute approximate surface area is 152 Å². The van der Waals surface area contributed by atoms with E-state index in [0.29, 0.717) is 0 Å². The van der Waals surface area contributed by atoms with Gasteiger partial charge in [-0.1, -0.05) is 36.4 Å². The number of nitrogens with zero attached hydrogens (tertiary/aromatic N) is 1. The van der Waals surface area contributed by atoms with Gasteiger partial charge in [-0.2, -0.15) is 0 Å². The first kappa shape index (κ1) is 17.0. The minimum absolute atomic E-state index is 0.0128. The van der Waals surface area contributed by atoms with Crippen molar-refractivity contribution in [2.24, 2.45) is 5.41 Å². The second-order valence-electron chi connectivity index (χ2n) is 7.33. The highest BCUT2D eigenvalue weighted by Gasteiger charge is 2.33. The molecule has 4 rings (SSSR count). The Balaban J connectivity index is 1.59. The third-order valence-electron chi connectivity index (χ3n) is 5.42. The van der Waals surface area contributed by atoms with Gasteiger partial charge < -0.3 is 14.7 Å². The SMILES string of the molecule is CN(Cc1cccc2c1sc1ccccc12)CC1(CO)CCOCC1. The van der Waals surface area contributed by atoms with Crippen molar-refractivity contribution in [2.75, 3.05) is 33.4 Å². The first-order chi connectivity index (χ1) is 12.2. The van der Waals surface area contributed by atoms with Crippen molar-refractivity contribution in [1.82, 2.24) is 4.90 Å². The van der Waals surface area contributed by atoms with Crippen molar-refractivity contribution < 1.29 is 9.84 Å². The summed E-state index contributed by atoms with van der Waals surface area (Å²) in [5.74, 6) is 0. The molecule has 132 valence electrons. The Morgan fingerprint density at radius 2 is 1.84 bits per heavy atom. The molecule has 1 fully saturated rings. The van der Waals surface area contributed by atoms with E-state index >= 15 is 0 Å².